The first-order valence-corrected chi connectivity index (χ1v) is 3.86. The Balaban J connectivity index is 2.58. The highest BCUT2D eigenvalue weighted by Crippen LogP contribution is 2.04. The molecule has 0 radical (unpaired) electrons. The molecule has 1 atom stereocenters. The minimum absolute atomic E-state index is 0.0475. The molecule has 1 aromatic heterocycles. The summed E-state index contributed by atoms with van der Waals surface area (Å²) >= 11 is 0. The van der Waals surface area contributed by atoms with E-state index in [9.17, 15) is 0 Å². The third-order valence-corrected chi connectivity index (χ3v) is 1.56. The Morgan fingerprint density at radius 3 is 2.75 bits per heavy atom. The van der Waals surface area contributed by atoms with E-state index >= 15 is 0 Å². The molecule has 2 N–H and O–H groups in total. The molecule has 0 spiro atoms. The van der Waals surface area contributed by atoms with Crippen molar-refractivity contribution in [1.29, 1.82) is 0 Å². The summed E-state index contributed by atoms with van der Waals surface area (Å²) < 4.78 is 1.66. The van der Waals surface area contributed by atoms with E-state index in [0.29, 0.717) is 0 Å². The number of aromatic nitrogens is 3. The molecule has 0 aliphatic carbocycles. The lowest BCUT2D eigenvalue weighted by Gasteiger charge is -2.13. The molecule has 1 rings (SSSR count). The topological polar surface area (TPSA) is 60.0 Å². The van der Waals surface area contributed by atoms with Gasteiger partial charge in [0.05, 0.1) is 6.04 Å². The zero-order valence-electron chi connectivity index (χ0n) is 7.73. The number of hydrogen-bond donors (Lipinski definition) is 1. The van der Waals surface area contributed by atoms with Crippen molar-refractivity contribution in [3.8, 4) is 0 Å². The van der Waals surface area contributed by atoms with Gasteiger partial charge in [-0.25, -0.2) is 0 Å². The standard InChI is InChI=1S/C7H15N5/c1-11(2)4-6(8)7-5-12(3)10-9-7/h5-6H,4,8H2,1-3H3. The van der Waals surface area contributed by atoms with Crippen molar-refractivity contribution < 1.29 is 0 Å². The molecule has 0 bridgehead atoms. The molecule has 1 unspecified atom stereocenters. The first-order valence-electron chi connectivity index (χ1n) is 3.86. The number of nitrogens with zero attached hydrogens (tertiary/aromatic N) is 4. The zero-order chi connectivity index (χ0) is 9.14. The molecule has 5 nitrogen and oxygen atoms in total. The first kappa shape index (κ1) is 9.15. The van der Waals surface area contributed by atoms with Gasteiger partial charge < -0.3 is 10.6 Å². The normalized spacial score (nSPS) is 13.8. The zero-order valence-corrected chi connectivity index (χ0v) is 7.73. The van der Waals surface area contributed by atoms with Gasteiger partial charge in [-0.3, -0.25) is 4.68 Å². The lowest BCUT2D eigenvalue weighted by molar-refractivity contribution is 0.373. The highest BCUT2D eigenvalue weighted by atomic mass is 15.4. The van der Waals surface area contributed by atoms with Crippen LogP contribution >= 0.6 is 0 Å². The minimum atomic E-state index is -0.0475. The molecule has 5 heteroatoms. The van der Waals surface area contributed by atoms with Crippen molar-refractivity contribution in [2.75, 3.05) is 20.6 Å². The van der Waals surface area contributed by atoms with Crippen molar-refractivity contribution >= 4 is 0 Å². The smallest absolute Gasteiger partial charge is 0.101 e. The molecule has 0 fully saturated rings. The Labute approximate surface area is 72.2 Å². The third kappa shape index (κ3) is 2.28. The van der Waals surface area contributed by atoms with Crippen LogP contribution in [0.3, 0.4) is 0 Å². The van der Waals surface area contributed by atoms with Gasteiger partial charge in [0, 0.05) is 19.8 Å². The second-order valence-corrected chi connectivity index (χ2v) is 3.19. The van der Waals surface area contributed by atoms with Crippen LogP contribution in [-0.2, 0) is 7.05 Å². The molecule has 0 aliphatic rings. The van der Waals surface area contributed by atoms with Crippen molar-refractivity contribution in [1.82, 2.24) is 19.9 Å². The van der Waals surface area contributed by atoms with Gasteiger partial charge in [0.1, 0.15) is 5.69 Å². The number of nitrogens with two attached hydrogens (primary N) is 1. The second kappa shape index (κ2) is 3.64. The van der Waals surface area contributed by atoms with E-state index in [2.05, 4.69) is 10.3 Å². The van der Waals surface area contributed by atoms with Gasteiger partial charge in [-0.15, -0.1) is 5.10 Å². The number of likely N-dealkylation sites (N-methyl/N-ethyl adjacent to an activating group) is 1. The summed E-state index contributed by atoms with van der Waals surface area (Å²) in [7, 11) is 5.80. The van der Waals surface area contributed by atoms with Crippen molar-refractivity contribution in [3.05, 3.63) is 11.9 Å². The van der Waals surface area contributed by atoms with Crippen LogP contribution in [0.4, 0.5) is 0 Å². The van der Waals surface area contributed by atoms with E-state index in [0.717, 1.165) is 12.2 Å². The third-order valence-electron chi connectivity index (χ3n) is 1.56. The van der Waals surface area contributed by atoms with Gasteiger partial charge in [0.2, 0.25) is 0 Å². The SMILES string of the molecule is CN(C)CC(N)c1cn(C)nn1. The van der Waals surface area contributed by atoms with Gasteiger partial charge in [-0.05, 0) is 14.1 Å². The van der Waals surface area contributed by atoms with Crippen LogP contribution in [0.15, 0.2) is 6.20 Å². The lowest BCUT2D eigenvalue weighted by Crippen LogP contribution is -2.26. The average molecular weight is 169 g/mol. The van der Waals surface area contributed by atoms with E-state index in [1.807, 2.05) is 32.2 Å². The van der Waals surface area contributed by atoms with E-state index in [4.69, 9.17) is 5.73 Å². The van der Waals surface area contributed by atoms with Gasteiger partial charge in [-0.2, -0.15) is 0 Å². The fraction of sp³-hybridized carbons (Fsp3) is 0.714. The van der Waals surface area contributed by atoms with Crippen LogP contribution in [0.1, 0.15) is 11.7 Å². The highest BCUT2D eigenvalue weighted by molar-refractivity contribution is 4.99. The average Bonchev–Trinajstić information content (AvgIpc) is 2.34. The summed E-state index contributed by atoms with van der Waals surface area (Å²) in [6, 6.07) is -0.0475. The Morgan fingerprint density at radius 1 is 1.67 bits per heavy atom. The first-order chi connectivity index (χ1) is 5.59. The maximum atomic E-state index is 5.85. The molecule has 1 heterocycles. The van der Waals surface area contributed by atoms with E-state index < -0.39 is 0 Å². The predicted octanol–water partition coefficient (Wildman–Crippen LogP) is -0.623. The second-order valence-electron chi connectivity index (χ2n) is 3.19. The van der Waals surface area contributed by atoms with Crippen molar-refractivity contribution in [3.63, 3.8) is 0 Å². The maximum Gasteiger partial charge on any atom is 0.101 e. The summed E-state index contributed by atoms with van der Waals surface area (Å²) in [6.45, 7) is 0.790. The van der Waals surface area contributed by atoms with Gasteiger partial charge >= 0.3 is 0 Å². The fourth-order valence-corrected chi connectivity index (χ4v) is 1.02. The Hall–Kier alpha value is -0.940. The largest absolute Gasteiger partial charge is 0.321 e. The number of hydrogen-bond acceptors (Lipinski definition) is 4. The summed E-state index contributed by atoms with van der Waals surface area (Å²) in [5.41, 5.74) is 6.69. The molecule has 0 aromatic carbocycles. The van der Waals surface area contributed by atoms with Gasteiger partial charge in [-0.1, -0.05) is 5.21 Å². The quantitative estimate of drug-likeness (QED) is 0.655. The minimum Gasteiger partial charge on any atom is -0.321 e. The van der Waals surface area contributed by atoms with Crippen molar-refractivity contribution in [2.45, 2.75) is 6.04 Å². The van der Waals surface area contributed by atoms with E-state index in [-0.39, 0.29) is 6.04 Å². The summed E-state index contributed by atoms with van der Waals surface area (Å²) in [6.07, 6.45) is 1.84. The molecule has 1 aromatic rings. The molecule has 68 valence electrons. The molecule has 0 saturated heterocycles. The molecule has 0 saturated carbocycles. The number of aryl methyl sites for hydroxylation is 1. The lowest BCUT2D eigenvalue weighted by atomic mass is 10.2. The van der Waals surface area contributed by atoms with Crippen LogP contribution < -0.4 is 5.73 Å². The Kier molecular flexibility index (Phi) is 2.78. The van der Waals surface area contributed by atoms with Crippen LogP contribution in [0.25, 0.3) is 0 Å². The van der Waals surface area contributed by atoms with Crippen LogP contribution in [-0.4, -0.2) is 40.5 Å². The predicted molar refractivity (Wildman–Crippen MR) is 46.5 cm³/mol. The monoisotopic (exact) mass is 169 g/mol. The summed E-state index contributed by atoms with van der Waals surface area (Å²) in [5, 5.41) is 7.74. The molecular formula is C7H15N5. The van der Waals surface area contributed by atoms with Gasteiger partial charge in [0.15, 0.2) is 0 Å². The Morgan fingerprint density at radius 2 is 2.33 bits per heavy atom. The molecule has 0 aliphatic heterocycles. The summed E-state index contributed by atoms with van der Waals surface area (Å²) in [5.74, 6) is 0. The maximum absolute atomic E-state index is 5.85. The van der Waals surface area contributed by atoms with Crippen LogP contribution in [0, 0.1) is 0 Å². The molecule has 0 amide bonds. The highest BCUT2D eigenvalue weighted by Gasteiger charge is 2.09. The molecule has 12 heavy (non-hydrogen) atoms. The Bertz CT molecular complexity index is 242. The fourth-order valence-electron chi connectivity index (χ4n) is 1.02. The van der Waals surface area contributed by atoms with Crippen LogP contribution in [0.2, 0.25) is 0 Å². The van der Waals surface area contributed by atoms with Gasteiger partial charge in [0.25, 0.3) is 0 Å². The summed E-state index contributed by atoms with van der Waals surface area (Å²) in [4.78, 5) is 2.03. The van der Waals surface area contributed by atoms with E-state index in [1.54, 1.807) is 4.68 Å². The number of rotatable bonds is 3. The van der Waals surface area contributed by atoms with Crippen molar-refractivity contribution in [2.24, 2.45) is 12.8 Å². The van der Waals surface area contributed by atoms with E-state index in [1.165, 1.54) is 0 Å². The van der Waals surface area contributed by atoms with Crippen LogP contribution in [0.5, 0.6) is 0 Å². The molecular weight excluding hydrogens is 154 g/mol.